The fourth-order valence-electron chi connectivity index (χ4n) is 2.97. The van der Waals surface area contributed by atoms with Gasteiger partial charge < -0.3 is 14.6 Å². The Hall–Kier alpha value is -1.52. The van der Waals surface area contributed by atoms with Gasteiger partial charge in [0.1, 0.15) is 5.54 Å². The number of aryl methyl sites for hydroxylation is 1. The maximum Gasteiger partial charge on any atom is 0.329 e. The lowest BCUT2D eigenvalue weighted by atomic mass is 9.91. The van der Waals surface area contributed by atoms with Gasteiger partial charge in [-0.2, -0.15) is 0 Å². The number of anilines is 1. The van der Waals surface area contributed by atoms with Gasteiger partial charge in [-0.05, 0) is 26.2 Å². The van der Waals surface area contributed by atoms with Gasteiger partial charge in [-0.1, -0.05) is 13.3 Å². The Kier molecular flexibility index (Phi) is 3.59. The summed E-state index contributed by atoms with van der Waals surface area (Å²) in [7, 11) is 0. The van der Waals surface area contributed by atoms with Crippen molar-refractivity contribution in [2.75, 3.05) is 11.4 Å². The number of aromatic nitrogens is 2. The molecule has 1 saturated heterocycles. The lowest BCUT2D eigenvalue weighted by Crippen LogP contribution is -2.51. The van der Waals surface area contributed by atoms with Crippen LogP contribution in [0.2, 0.25) is 0 Å². The van der Waals surface area contributed by atoms with E-state index in [2.05, 4.69) is 4.98 Å². The van der Waals surface area contributed by atoms with E-state index in [1.54, 1.807) is 6.20 Å². The summed E-state index contributed by atoms with van der Waals surface area (Å²) in [6, 6.07) is 0. The van der Waals surface area contributed by atoms with Crippen LogP contribution in [0.15, 0.2) is 12.4 Å². The topological polar surface area (TPSA) is 58.4 Å². The van der Waals surface area contributed by atoms with Gasteiger partial charge in [-0.3, -0.25) is 0 Å². The Bertz CT molecular complexity index is 430. The zero-order valence-electron chi connectivity index (χ0n) is 11.1. The summed E-state index contributed by atoms with van der Waals surface area (Å²) in [5.41, 5.74) is -0.757. The van der Waals surface area contributed by atoms with Gasteiger partial charge in [0.2, 0.25) is 5.95 Å². The van der Waals surface area contributed by atoms with Crippen LogP contribution in [0.5, 0.6) is 0 Å². The van der Waals surface area contributed by atoms with Crippen molar-refractivity contribution in [3.63, 3.8) is 0 Å². The number of rotatable bonds is 5. The first-order chi connectivity index (χ1) is 8.65. The van der Waals surface area contributed by atoms with Crippen LogP contribution in [0.4, 0.5) is 5.95 Å². The van der Waals surface area contributed by atoms with Gasteiger partial charge in [0.05, 0.1) is 0 Å². The quantitative estimate of drug-likeness (QED) is 0.871. The molecule has 1 N–H and O–H groups in total. The molecular formula is C13H21N3O2. The highest BCUT2D eigenvalue weighted by Crippen LogP contribution is 2.37. The highest BCUT2D eigenvalue weighted by molar-refractivity contribution is 5.83. The van der Waals surface area contributed by atoms with Crippen LogP contribution >= 0.6 is 0 Å². The van der Waals surface area contributed by atoms with Gasteiger partial charge >= 0.3 is 5.97 Å². The lowest BCUT2D eigenvalue weighted by Gasteiger charge is -2.35. The summed E-state index contributed by atoms with van der Waals surface area (Å²) in [6.45, 7) is 5.67. The van der Waals surface area contributed by atoms with Crippen LogP contribution in [-0.2, 0) is 11.3 Å². The number of imidazole rings is 1. The van der Waals surface area contributed by atoms with Gasteiger partial charge in [-0.25, -0.2) is 9.78 Å². The van der Waals surface area contributed by atoms with E-state index in [1.807, 2.05) is 29.5 Å². The summed E-state index contributed by atoms with van der Waals surface area (Å²) in [4.78, 5) is 18.1. The van der Waals surface area contributed by atoms with Crippen molar-refractivity contribution in [1.82, 2.24) is 9.55 Å². The van der Waals surface area contributed by atoms with Crippen LogP contribution in [-0.4, -0.2) is 32.7 Å². The van der Waals surface area contributed by atoms with Crippen molar-refractivity contribution in [2.24, 2.45) is 0 Å². The normalized spacial score (nSPS) is 23.6. The smallest absolute Gasteiger partial charge is 0.329 e. The Morgan fingerprint density at radius 2 is 2.33 bits per heavy atom. The molecule has 1 aromatic heterocycles. The minimum absolute atomic E-state index is 0.679. The van der Waals surface area contributed by atoms with E-state index in [-0.39, 0.29) is 0 Å². The molecule has 0 aromatic carbocycles. The SMILES string of the molecule is CCCC1(C(=O)O)CCCN1c1nccn1CC. The van der Waals surface area contributed by atoms with E-state index in [0.717, 1.165) is 31.9 Å². The predicted molar refractivity (Wildman–Crippen MR) is 69.8 cm³/mol. The summed E-state index contributed by atoms with van der Waals surface area (Å²) in [5, 5.41) is 9.65. The molecule has 0 bridgehead atoms. The number of hydrogen-bond acceptors (Lipinski definition) is 3. The minimum Gasteiger partial charge on any atom is -0.479 e. The average Bonchev–Trinajstić information content (AvgIpc) is 2.94. The van der Waals surface area contributed by atoms with Crippen LogP contribution in [0.25, 0.3) is 0 Å². The van der Waals surface area contributed by atoms with E-state index >= 15 is 0 Å². The Morgan fingerprint density at radius 3 is 2.94 bits per heavy atom. The summed E-state index contributed by atoms with van der Waals surface area (Å²) >= 11 is 0. The molecule has 100 valence electrons. The van der Waals surface area contributed by atoms with Crippen molar-refractivity contribution < 1.29 is 9.90 Å². The number of carbonyl (C=O) groups is 1. The van der Waals surface area contributed by atoms with Crippen LogP contribution in [0.3, 0.4) is 0 Å². The van der Waals surface area contributed by atoms with Gasteiger partial charge in [0, 0.05) is 25.5 Å². The third-order valence-electron chi connectivity index (χ3n) is 3.83. The number of carboxylic acids is 1. The molecule has 0 spiro atoms. The number of hydrogen-bond donors (Lipinski definition) is 1. The molecule has 1 unspecified atom stereocenters. The monoisotopic (exact) mass is 251 g/mol. The number of carboxylic acid groups (broad SMARTS) is 1. The predicted octanol–water partition coefficient (Wildman–Crippen LogP) is 2.13. The first kappa shape index (κ1) is 12.9. The summed E-state index contributed by atoms with van der Waals surface area (Å²) < 4.78 is 2.01. The second kappa shape index (κ2) is 5.00. The molecule has 0 radical (unpaired) electrons. The fourth-order valence-corrected chi connectivity index (χ4v) is 2.97. The zero-order valence-corrected chi connectivity index (χ0v) is 11.1. The molecule has 18 heavy (non-hydrogen) atoms. The second-order valence-electron chi connectivity index (χ2n) is 4.86. The van der Waals surface area contributed by atoms with Crippen LogP contribution < -0.4 is 4.90 Å². The standard InChI is InChI=1S/C13H21N3O2/c1-3-6-13(11(17)18)7-5-9-16(13)12-14-8-10-15(12)4-2/h8,10H,3-7,9H2,1-2H3,(H,17,18). The third kappa shape index (κ3) is 1.87. The van der Waals surface area contributed by atoms with Crippen molar-refractivity contribution in [2.45, 2.75) is 51.6 Å². The minimum atomic E-state index is -0.757. The highest BCUT2D eigenvalue weighted by atomic mass is 16.4. The lowest BCUT2D eigenvalue weighted by molar-refractivity contribution is -0.143. The molecule has 1 atom stereocenters. The number of aliphatic carboxylic acids is 1. The van der Waals surface area contributed by atoms with Crippen molar-refractivity contribution >= 4 is 11.9 Å². The first-order valence-electron chi connectivity index (χ1n) is 6.68. The van der Waals surface area contributed by atoms with Crippen molar-refractivity contribution in [3.8, 4) is 0 Å². The van der Waals surface area contributed by atoms with Gasteiger partial charge in [0.25, 0.3) is 0 Å². The Balaban J connectivity index is 2.39. The maximum atomic E-state index is 11.7. The van der Waals surface area contributed by atoms with E-state index in [1.165, 1.54) is 0 Å². The molecule has 5 nitrogen and oxygen atoms in total. The Labute approximate surface area is 107 Å². The van der Waals surface area contributed by atoms with E-state index < -0.39 is 11.5 Å². The maximum absolute atomic E-state index is 11.7. The highest BCUT2D eigenvalue weighted by Gasteiger charge is 2.48. The molecule has 1 aliphatic heterocycles. The molecule has 5 heteroatoms. The van der Waals surface area contributed by atoms with Crippen LogP contribution in [0.1, 0.15) is 39.5 Å². The third-order valence-corrected chi connectivity index (χ3v) is 3.83. The summed E-state index contributed by atoms with van der Waals surface area (Å²) in [5.74, 6) is 0.0818. The van der Waals surface area contributed by atoms with Crippen LogP contribution in [0, 0.1) is 0 Å². The summed E-state index contributed by atoms with van der Waals surface area (Å²) in [6.07, 6.45) is 6.84. The molecular weight excluding hydrogens is 230 g/mol. The second-order valence-corrected chi connectivity index (χ2v) is 4.86. The molecule has 2 heterocycles. The Morgan fingerprint density at radius 1 is 1.56 bits per heavy atom. The molecule has 1 aromatic rings. The molecule has 0 amide bonds. The van der Waals surface area contributed by atoms with E-state index in [0.29, 0.717) is 12.8 Å². The van der Waals surface area contributed by atoms with Crippen molar-refractivity contribution in [3.05, 3.63) is 12.4 Å². The number of nitrogens with zero attached hydrogens (tertiary/aromatic N) is 3. The van der Waals surface area contributed by atoms with E-state index in [9.17, 15) is 9.90 Å². The molecule has 0 aliphatic carbocycles. The zero-order chi connectivity index (χ0) is 13.2. The van der Waals surface area contributed by atoms with Gasteiger partial charge in [0.15, 0.2) is 0 Å². The van der Waals surface area contributed by atoms with Crippen molar-refractivity contribution in [1.29, 1.82) is 0 Å². The van der Waals surface area contributed by atoms with Gasteiger partial charge in [-0.15, -0.1) is 0 Å². The molecule has 0 saturated carbocycles. The molecule has 2 rings (SSSR count). The molecule has 1 fully saturated rings. The fraction of sp³-hybridized carbons (Fsp3) is 0.692. The average molecular weight is 251 g/mol. The van der Waals surface area contributed by atoms with E-state index in [4.69, 9.17) is 0 Å². The molecule has 1 aliphatic rings. The largest absolute Gasteiger partial charge is 0.479 e. The first-order valence-corrected chi connectivity index (χ1v) is 6.68.